The van der Waals surface area contributed by atoms with E-state index in [9.17, 15) is 35.1 Å². The molecule has 0 amide bonds. The van der Waals surface area contributed by atoms with Crippen molar-refractivity contribution in [2.75, 3.05) is 13.7 Å². The number of fused-ring (bicyclic) bond motifs is 7. The van der Waals surface area contributed by atoms with Crippen LogP contribution in [0.15, 0.2) is 76.4 Å². The summed E-state index contributed by atoms with van der Waals surface area (Å²) in [7, 11) is 1.25. The van der Waals surface area contributed by atoms with Gasteiger partial charge in [0.15, 0.2) is 22.8 Å². The number of benzene rings is 2. The van der Waals surface area contributed by atoms with Crippen molar-refractivity contribution in [1.82, 2.24) is 0 Å². The molecule has 14 heteroatoms. The monoisotopic (exact) mass is 934 g/mol. The summed E-state index contributed by atoms with van der Waals surface area (Å²) in [6.07, 6.45) is 2.54. The van der Waals surface area contributed by atoms with E-state index < -0.39 is 83.6 Å². The van der Waals surface area contributed by atoms with Crippen molar-refractivity contribution in [1.29, 1.82) is 0 Å². The number of hydrogen-bond acceptors (Lipinski definition) is 14. The van der Waals surface area contributed by atoms with Crippen LogP contribution in [0, 0.1) is 23.7 Å². The van der Waals surface area contributed by atoms with Gasteiger partial charge in [-0.25, -0.2) is 4.79 Å². The molecule has 1 saturated heterocycles. The number of methoxy groups -OCH3 is 1. The molecular formula is C54H62O14. The van der Waals surface area contributed by atoms with E-state index in [1.807, 2.05) is 66.7 Å². The molecule has 0 radical (unpaired) electrons. The van der Waals surface area contributed by atoms with Crippen LogP contribution in [0.4, 0.5) is 0 Å². The summed E-state index contributed by atoms with van der Waals surface area (Å²) in [6.45, 7) is 14.8. The van der Waals surface area contributed by atoms with Crippen LogP contribution in [0.25, 0.3) is 17.6 Å². The normalized spacial score (nSPS) is 32.8. The number of hydrogen-bond donors (Lipinski definition) is 5. The first-order valence-corrected chi connectivity index (χ1v) is 23.6. The van der Waals surface area contributed by atoms with Crippen molar-refractivity contribution in [3.05, 3.63) is 104 Å². The number of allylic oxidation sites excluding steroid dienone is 5. The third kappa shape index (κ3) is 7.07. The highest BCUT2D eigenvalue weighted by molar-refractivity contribution is 6.22. The average Bonchev–Trinajstić information content (AvgIpc) is 3.59. The van der Waals surface area contributed by atoms with Gasteiger partial charge in [0.05, 0.1) is 24.9 Å². The lowest BCUT2D eigenvalue weighted by molar-refractivity contribution is -0.277. The molecule has 1 spiro atoms. The highest BCUT2D eigenvalue weighted by Crippen LogP contribution is 2.71. The summed E-state index contributed by atoms with van der Waals surface area (Å²) in [4.78, 5) is 43.2. The molecule has 8 aliphatic rings. The summed E-state index contributed by atoms with van der Waals surface area (Å²) in [5.41, 5.74) is -0.135. The fourth-order valence-electron chi connectivity index (χ4n) is 11.6. The van der Waals surface area contributed by atoms with Crippen molar-refractivity contribution in [2.45, 2.75) is 135 Å². The minimum atomic E-state index is -2.34. The number of rotatable bonds is 12. The van der Waals surface area contributed by atoms with E-state index in [0.717, 1.165) is 11.1 Å². The van der Waals surface area contributed by atoms with Crippen molar-refractivity contribution < 1.29 is 68.3 Å². The Morgan fingerprint density at radius 3 is 2.29 bits per heavy atom. The fourth-order valence-corrected chi connectivity index (χ4v) is 11.6. The zero-order valence-electron chi connectivity index (χ0n) is 40.0. The van der Waals surface area contributed by atoms with E-state index >= 15 is 4.79 Å². The zero-order valence-corrected chi connectivity index (χ0v) is 40.0. The number of carbonyl (C=O) groups excluding carboxylic acids is 3. The highest BCUT2D eigenvalue weighted by Gasteiger charge is 2.77. The maximum absolute atomic E-state index is 15.6. The molecule has 2 bridgehead atoms. The molecule has 11 atom stereocenters. The standard InChI is InChI=1S/C54H62O14/c1-25(2)13-12-20-52(8)21-19-32-44(67-52)31(17-16-26(3)4)47-38(46(32)66-51-43(59)42(58)41(57)35(24-55)64-51)48-39-36(37-40(56)29-14-10-11-15-30(29)45(37)65-48)33-23-34(27(5)6)54(39,68-47)53(62,49(33)60)22-18-28(7)50(61)63-9/h10-11,13-16,18-19,21,27,33-36,41-43,51,55,57-59,62H,12,17,20,22-24H2,1-9H3/b28-18-/t33?,34?,35-,36?,41-,42+,43-,51+,52?,53?,54?/m1/s1. The van der Waals surface area contributed by atoms with Crippen LogP contribution in [0.3, 0.4) is 0 Å². The van der Waals surface area contributed by atoms with E-state index in [2.05, 4.69) is 6.08 Å². The van der Waals surface area contributed by atoms with Crippen LogP contribution in [-0.2, 0) is 30.2 Å². The molecule has 4 aliphatic carbocycles. The number of carbonyl (C=O) groups is 3. The minimum absolute atomic E-state index is 0.0273. The average molecular weight is 935 g/mol. The molecule has 2 aromatic carbocycles. The van der Waals surface area contributed by atoms with Gasteiger partial charge >= 0.3 is 5.97 Å². The Hall–Kier alpha value is -5.35. The van der Waals surface area contributed by atoms with Gasteiger partial charge in [0.1, 0.15) is 64.3 Å². The lowest BCUT2D eigenvalue weighted by Crippen LogP contribution is -2.78. The summed E-state index contributed by atoms with van der Waals surface area (Å²) in [6, 6.07) is 7.07. The van der Waals surface area contributed by atoms with Gasteiger partial charge in [-0.2, -0.15) is 0 Å². The van der Waals surface area contributed by atoms with Crippen molar-refractivity contribution in [3.63, 3.8) is 0 Å². The first kappa shape index (κ1) is 47.7. The molecular weight excluding hydrogens is 873 g/mol. The van der Waals surface area contributed by atoms with Crippen molar-refractivity contribution >= 4 is 35.1 Å². The van der Waals surface area contributed by atoms with Crippen LogP contribution in [0.5, 0.6) is 17.2 Å². The Bertz CT molecular complexity index is 2670. The van der Waals surface area contributed by atoms with Gasteiger partial charge in [-0.05, 0) is 85.3 Å². The second kappa shape index (κ2) is 17.3. The van der Waals surface area contributed by atoms with Crippen LogP contribution < -0.4 is 14.2 Å². The minimum Gasteiger partial charge on any atom is -0.482 e. The largest absolute Gasteiger partial charge is 0.482 e. The molecule has 14 nitrogen and oxygen atoms in total. The van der Waals surface area contributed by atoms with Gasteiger partial charge in [0.25, 0.3) is 0 Å². The van der Waals surface area contributed by atoms with Crippen LogP contribution in [-0.4, -0.2) is 104 Å². The van der Waals surface area contributed by atoms with Gasteiger partial charge in [0, 0.05) is 52.0 Å². The zero-order chi connectivity index (χ0) is 48.9. The highest BCUT2D eigenvalue weighted by atomic mass is 16.7. The summed E-state index contributed by atoms with van der Waals surface area (Å²) < 4.78 is 39.9. The third-order valence-corrected chi connectivity index (χ3v) is 15.1. The fraction of sp³-hybridized carbons (Fsp3) is 0.500. The Kier molecular flexibility index (Phi) is 12.1. The molecule has 3 saturated carbocycles. The lowest BCUT2D eigenvalue weighted by atomic mass is 9.43. The third-order valence-electron chi connectivity index (χ3n) is 15.1. The molecule has 2 aromatic rings. The topological polar surface area (TPSA) is 208 Å². The maximum Gasteiger partial charge on any atom is 0.333 e. The van der Waals surface area contributed by atoms with E-state index in [1.165, 1.54) is 13.2 Å². The molecule has 4 heterocycles. The Morgan fingerprint density at radius 1 is 0.926 bits per heavy atom. The van der Waals surface area contributed by atoms with Crippen LogP contribution >= 0.6 is 0 Å². The second-order valence-corrected chi connectivity index (χ2v) is 20.4. The number of aliphatic hydroxyl groups excluding tert-OH is 4. The maximum atomic E-state index is 15.6. The molecule has 10 rings (SSSR count). The number of ketones is 2. The Morgan fingerprint density at radius 2 is 1.63 bits per heavy atom. The lowest BCUT2D eigenvalue weighted by Gasteiger charge is -2.65. The van der Waals surface area contributed by atoms with E-state index in [4.69, 9.17) is 28.4 Å². The van der Waals surface area contributed by atoms with Gasteiger partial charge < -0.3 is 54.0 Å². The van der Waals surface area contributed by atoms with Gasteiger partial charge in [-0.3, -0.25) is 9.59 Å². The van der Waals surface area contributed by atoms with E-state index in [-0.39, 0.29) is 70.7 Å². The van der Waals surface area contributed by atoms with Gasteiger partial charge in [0.2, 0.25) is 6.29 Å². The molecule has 4 aliphatic heterocycles. The quantitative estimate of drug-likeness (QED) is 0.0876. The Labute approximate surface area is 396 Å². The number of esters is 1. The van der Waals surface area contributed by atoms with E-state index in [0.29, 0.717) is 46.4 Å². The molecule has 0 aromatic heterocycles. The smallest absolute Gasteiger partial charge is 0.333 e. The van der Waals surface area contributed by atoms with Gasteiger partial charge in [-0.15, -0.1) is 0 Å². The number of ether oxygens (including phenoxy) is 6. The van der Waals surface area contributed by atoms with Crippen LogP contribution in [0.1, 0.15) is 114 Å². The molecule has 6 unspecified atom stereocenters. The second-order valence-electron chi connectivity index (χ2n) is 20.4. The van der Waals surface area contributed by atoms with E-state index in [1.54, 1.807) is 31.2 Å². The van der Waals surface area contributed by atoms with Crippen LogP contribution in [0.2, 0.25) is 0 Å². The number of aliphatic hydroxyl groups is 5. The van der Waals surface area contributed by atoms with Crippen molar-refractivity contribution in [3.8, 4) is 17.2 Å². The molecule has 68 heavy (non-hydrogen) atoms. The first-order chi connectivity index (χ1) is 32.2. The summed E-state index contributed by atoms with van der Waals surface area (Å²) >= 11 is 0. The SMILES string of the molecule is COC(=O)/C(C)=C\CC1(O)C(=O)C2CC(C(C)C)C13Oc1c(CC=C(C)C)c4c(c(O[C@@H]5O[C@H](CO)[C@@H](O)[C@H](O)[C@H]5O)c1C1=C3C2C2=C(O1)c1ccccc1C2=O)C=CC(C)(CCC=C(C)C)O4. The van der Waals surface area contributed by atoms with Gasteiger partial charge in [-0.1, -0.05) is 67.5 Å². The predicted molar refractivity (Wildman–Crippen MR) is 250 cm³/mol. The van der Waals surface area contributed by atoms with Crippen molar-refractivity contribution in [2.24, 2.45) is 23.7 Å². The molecule has 5 N–H and O–H groups in total. The summed E-state index contributed by atoms with van der Waals surface area (Å²) in [5, 5.41) is 57.4. The number of Topliss-reactive ketones (excluding diaryl/α,β-unsaturated/α-hetero) is 2. The Balaban J connectivity index is 1.39. The molecule has 4 fully saturated rings. The predicted octanol–water partition coefficient (Wildman–Crippen LogP) is 6.50. The molecule has 362 valence electrons. The summed E-state index contributed by atoms with van der Waals surface area (Å²) in [5.74, 6) is -3.22. The first-order valence-electron chi connectivity index (χ1n) is 23.6.